The van der Waals surface area contributed by atoms with E-state index in [9.17, 15) is 0 Å². The molecule has 1 N–H and O–H groups in total. The molecule has 0 bridgehead atoms. The zero-order valence-electron chi connectivity index (χ0n) is 10.5. The minimum absolute atomic E-state index is 0.317. The number of aromatic nitrogens is 3. The maximum Gasteiger partial charge on any atom is 0.0537 e. The van der Waals surface area contributed by atoms with Crippen LogP contribution in [-0.2, 0) is 13.6 Å². The predicted molar refractivity (Wildman–Crippen MR) is 67.4 cm³/mol. The van der Waals surface area contributed by atoms with Gasteiger partial charge in [-0.2, -0.15) is 5.10 Å². The van der Waals surface area contributed by atoms with E-state index in [2.05, 4.69) is 29.2 Å². The summed E-state index contributed by atoms with van der Waals surface area (Å²) in [5, 5.41) is 7.72. The van der Waals surface area contributed by atoms with Crippen molar-refractivity contribution in [2.24, 2.45) is 7.05 Å². The Morgan fingerprint density at radius 2 is 2.06 bits per heavy atom. The zero-order chi connectivity index (χ0) is 12.3. The van der Waals surface area contributed by atoms with Gasteiger partial charge in [-0.15, -0.1) is 0 Å². The summed E-state index contributed by atoms with van der Waals surface area (Å²) in [6.45, 7) is 5.07. The Hall–Kier alpha value is -1.68. The van der Waals surface area contributed by atoms with Crippen molar-refractivity contribution < 1.29 is 0 Å². The summed E-state index contributed by atoms with van der Waals surface area (Å²) >= 11 is 0. The summed E-state index contributed by atoms with van der Waals surface area (Å²) in [5.41, 5.74) is 3.70. The summed E-state index contributed by atoms with van der Waals surface area (Å²) in [7, 11) is 1.96. The SMILES string of the molecule is Cc1c(CN[C@H](C)c2ccncc2)cnn1C. The third-order valence-corrected chi connectivity index (χ3v) is 3.14. The number of nitrogens with one attached hydrogen (secondary N) is 1. The minimum atomic E-state index is 0.317. The van der Waals surface area contributed by atoms with Gasteiger partial charge in [0.25, 0.3) is 0 Å². The van der Waals surface area contributed by atoms with Crippen LogP contribution < -0.4 is 5.32 Å². The molecule has 1 atom stereocenters. The van der Waals surface area contributed by atoms with Crippen LogP contribution in [0.5, 0.6) is 0 Å². The Morgan fingerprint density at radius 1 is 1.35 bits per heavy atom. The molecule has 0 aliphatic heterocycles. The minimum Gasteiger partial charge on any atom is -0.306 e. The summed E-state index contributed by atoms with van der Waals surface area (Å²) in [4.78, 5) is 4.02. The van der Waals surface area contributed by atoms with E-state index in [1.807, 2.05) is 42.5 Å². The summed E-state index contributed by atoms with van der Waals surface area (Å²) < 4.78 is 1.90. The second-order valence-corrected chi connectivity index (χ2v) is 4.26. The normalized spacial score (nSPS) is 12.6. The maximum atomic E-state index is 4.23. The number of pyridine rings is 1. The fourth-order valence-electron chi connectivity index (χ4n) is 1.75. The van der Waals surface area contributed by atoms with Gasteiger partial charge in [0.2, 0.25) is 0 Å². The molecule has 4 heteroatoms. The van der Waals surface area contributed by atoms with E-state index < -0.39 is 0 Å². The molecule has 0 amide bonds. The molecule has 0 radical (unpaired) electrons. The highest BCUT2D eigenvalue weighted by molar-refractivity contribution is 5.17. The van der Waals surface area contributed by atoms with Gasteiger partial charge in [-0.25, -0.2) is 0 Å². The first-order valence-electron chi connectivity index (χ1n) is 5.79. The Bertz CT molecular complexity index is 475. The van der Waals surface area contributed by atoms with Crippen LogP contribution in [0.15, 0.2) is 30.7 Å². The summed E-state index contributed by atoms with van der Waals surface area (Å²) in [5.74, 6) is 0. The van der Waals surface area contributed by atoms with Gasteiger partial charge < -0.3 is 5.32 Å². The van der Waals surface area contributed by atoms with Crippen LogP contribution in [-0.4, -0.2) is 14.8 Å². The van der Waals surface area contributed by atoms with Crippen molar-refractivity contribution in [1.82, 2.24) is 20.1 Å². The highest BCUT2D eigenvalue weighted by atomic mass is 15.3. The van der Waals surface area contributed by atoms with Crippen molar-refractivity contribution in [2.75, 3.05) is 0 Å². The average Bonchev–Trinajstić information content (AvgIpc) is 2.68. The molecule has 0 saturated heterocycles. The molecule has 2 rings (SSSR count). The van der Waals surface area contributed by atoms with Crippen LogP contribution in [0.1, 0.15) is 29.8 Å². The van der Waals surface area contributed by atoms with Crippen LogP contribution in [0.2, 0.25) is 0 Å². The van der Waals surface area contributed by atoms with E-state index in [1.54, 1.807) is 0 Å². The lowest BCUT2D eigenvalue weighted by Gasteiger charge is -2.13. The van der Waals surface area contributed by atoms with Gasteiger partial charge in [-0.1, -0.05) is 0 Å². The highest BCUT2D eigenvalue weighted by Crippen LogP contribution is 2.12. The van der Waals surface area contributed by atoms with Gasteiger partial charge >= 0.3 is 0 Å². The van der Waals surface area contributed by atoms with E-state index in [-0.39, 0.29) is 0 Å². The molecule has 2 aromatic heterocycles. The van der Waals surface area contributed by atoms with Crippen molar-refractivity contribution in [2.45, 2.75) is 26.4 Å². The fraction of sp³-hybridized carbons (Fsp3) is 0.385. The average molecular weight is 230 g/mol. The zero-order valence-corrected chi connectivity index (χ0v) is 10.5. The number of rotatable bonds is 4. The van der Waals surface area contributed by atoms with Gasteiger partial charge in [0.15, 0.2) is 0 Å². The Balaban J connectivity index is 1.97. The summed E-state index contributed by atoms with van der Waals surface area (Å²) in [6, 6.07) is 4.39. The first-order chi connectivity index (χ1) is 8.18. The molecule has 0 fully saturated rings. The van der Waals surface area contributed by atoms with Crippen molar-refractivity contribution in [1.29, 1.82) is 0 Å². The van der Waals surface area contributed by atoms with Gasteiger partial charge in [0.05, 0.1) is 6.20 Å². The third-order valence-electron chi connectivity index (χ3n) is 3.14. The first kappa shape index (κ1) is 11.8. The molecule has 0 aromatic carbocycles. The first-order valence-corrected chi connectivity index (χ1v) is 5.79. The van der Waals surface area contributed by atoms with Crippen molar-refractivity contribution in [3.05, 3.63) is 47.5 Å². The topological polar surface area (TPSA) is 42.7 Å². The monoisotopic (exact) mass is 230 g/mol. The standard InChI is InChI=1S/C13H18N4/c1-10(12-4-6-14-7-5-12)15-8-13-9-16-17(3)11(13)2/h4-7,9-10,15H,8H2,1-3H3/t10-/m1/s1. The molecule has 0 spiro atoms. The second-order valence-electron chi connectivity index (χ2n) is 4.26. The Labute approximate surface area is 102 Å². The van der Waals surface area contributed by atoms with Crippen LogP contribution >= 0.6 is 0 Å². The van der Waals surface area contributed by atoms with Gasteiger partial charge in [0, 0.05) is 43.3 Å². The number of aryl methyl sites for hydroxylation is 1. The molecule has 0 unspecified atom stereocenters. The molecule has 90 valence electrons. The van der Waals surface area contributed by atoms with Crippen molar-refractivity contribution in [3.8, 4) is 0 Å². The third kappa shape index (κ3) is 2.71. The predicted octanol–water partition coefficient (Wildman–Crippen LogP) is 1.97. The smallest absolute Gasteiger partial charge is 0.0537 e. The second kappa shape index (κ2) is 5.10. The highest BCUT2D eigenvalue weighted by Gasteiger charge is 2.07. The molecular weight excluding hydrogens is 212 g/mol. The van der Waals surface area contributed by atoms with Gasteiger partial charge in [-0.3, -0.25) is 9.67 Å². The number of nitrogens with zero attached hydrogens (tertiary/aromatic N) is 3. The molecule has 2 aromatic rings. The van der Waals surface area contributed by atoms with Crippen LogP contribution in [0, 0.1) is 6.92 Å². The number of hydrogen-bond acceptors (Lipinski definition) is 3. The van der Waals surface area contributed by atoms with E-state index in [4.69, 9.17) is 0 Å². The largest absolute Gasteiger partial charge is 0.306 e. The molecule has 17 heavy (non-hydrogen) atoms. The van der Waals surface area contributed by atoms with Gasteiger partial charge in [-0.05, 0) is 31.5 Å². The van der Waals surface area contributed by atoms with Crippen molar-refractivity contribution in [3.63, 3.8) is 0 Å². The lowest BCUT2D eigenvalue weighted by molar-refractivity contribution is 0.572. The molecule has 2 heterocycles. The molecule has 0 aliphatic rings. The molecule has 0 saturated carbocycles. The van der Waals surface area contributed by atoms with Crippen LogP contribution in [0.25, 0.3) is 0 Å². The Morgan fingerprint density at radius 3 is 2.65 bits per heavy atom. The van der Waals surface area contributed by atoms with Crippen LogP contribution in [0.4, 0.5) is 0 Å². The lowest BCUT2D eigenvalue weighted by atomic mass is 10.1. The van der Waals surface area contributed by atoms with E-state index in [0.717, 1.165) is 6.54 Å². The fourth-order valence-corrected chi connectivity index (χ4v) is 1.75. The van der Waals surface area contributed by atoms with Gasteiger partial charge in [0.1, 0.15) is 0 Å². The quantitative estimate of drug-likeness (QED) is 0.873. The maximum absolute atomic E-state index is 4.23. The van der Waals surface area contributed by atoms with E-state index >= 15 is 0 Å². The van der Waals surface area contributed by atoms with E-state index in [1.165, 1.54) is 16.8 Å². The lowest BCUT2D eigenvalue weighted by Crippen LogP contribution is -2.18. The molecule has 4 nitrogen and oxygen atoms in total. The van der Waals surface area contributed by atoms with Crippen LogP contribution in [0.3, 0.4) is 0 Å². The van der Waals surface area contributed by atoms with E-state index in [0.29, 0.717) is 6.04 Å². The van der Waals surface area contributed by atoms with Crippen molar-refractivity contribution >= 4 is 0 Å². The molecule has 0 aliphatic carbocycles. The molecular formula is C13H18N4. The number of hydrogen-bond donors (Lipinski definition) is 1. The summed E-state index contributed by atoms with van der Waals surface area (Å²) in [6.07, 6.45) is 5.56. The Kier molecular flexibility index (Phi) is 3.54.